The van der Waals surface area contributed by atoms with E-state index in [9.17, 15) is 25.2 Å². The standard InChI is InChI=1S/C15H25Se.F6P/c1-8-11-9-12(14(2,3)4)16-13(10-11)15(5,6)7;1-7(2,3,4,5)6/h9-10H,8H2,1-7H3;/q+1;-1. The summed E-state index contributed by atoms with van der Waals surface area (Å²) in [6.45, 7) is 16.2. The number of hydrogen-bond acceptors (Lipinski definition) is 0. The third-order valence-electron chi connectivity index (χ3n) is 2.74. The normalized spacial score (nSPS) is 16.0. The van der Waals surface area contributed by atoms with E-state index in [-0.39, 0.29) is 0 Å². The predicted octanol–water partition coefficient (Wildman–Crippen LogP) is 7.56. The number of aryl methyl sites for hydroxylation is 1. The first-order valence-corrected chi connectivity index (χ1v) is 10.9. The van der Waals surface area contributed by atoms with Gasteiger partial charge < -0.3 is 0 Å². The van der Waals surface area contributed by atoms with Crippen molar-refractivity contribution in [2.45, 2.75) is 65.7 Å². The molecular formula is C15H25F6PSe. The maximum absolute atomic E-state index is 10.7. The summed E-state index contributed by atoms with van der Waals surface area (Å²) in [4.78, 5) is 0. The molecule has 0 aliphatic heterocycles. The molecule has 0 fully saturated rings. The van der Waals surface area contributed by atoms with Gasteiger partial charge in [-0.3, -0.25) is 0 Å². The zero-order valence-electron chi connectivity index (χ0n) is 14.5. The van der Waals surface area contributed by atoms with Crippen LogP contribution in [0, 0.1) is 0 Å². The summed E-state index contributed by atoms with van der Waals surface area (Å²) in [5.74, 6) is 0. The molecule has 138 valence electrons. The van der Waals surface area contributed by atoms with Crippen molar-refractivity contribution in [3.8, 4) is 0 Å². The van der Waals surface area contributed by atoms with Crippen molar-refractivity contribution in [2.75, 3.05) is 0 Å². The Morgan fingerprint density at radius 3 is 1.22 bits per heavy atom. The van der Waals surface area contributed by atoms with Gasteiger partial charge in [-0.1, -0.05) is 0 Å². The molecule has 0 aliphatic rings. The van der Waals surface area contributed by atoms with Crippen molar-refractivity contribution < 1.29 is 25.2 Å². The van der Waals surface area contributed by atoms with E-state index in [1.54, 1.807) is 8.87 Å². The average Bonchev–Trinajstić information content (AvgIpc) is 2.21. The summed E-state index contributed by atoms with van der Waals surface area (Å²) in [6, 6.07) is 4.88. The van der Waals surface area contributed by atoms with Crippen LogP contribution in [0.2, 0.25) is 0 Å². The summed E-state index contributed by atoms with van der Waals surface area (Å²) in [7, 11) is -10.7. The van der Waals surface area contributed by atoms with Gasteiger partial charge in [0.15, 0.2) is 0 Å². The Balaban J connectivity index is 0.000000585. The van der Waals surface area contributed by atoms with Crippen molar-refractivity contribution in [1.82, 2.24) is 0 Å². The van der Waals surface area contributed by atoms with Crippen LogP contribution in [0.3, 0.4) is 0 Å². The zero-order chi connectivity index (χ0) is 19.0. The Morgan fingerprint density at radius 1 is 0.783 bits per heavy atom. The van der Waals surface area contributed by atoms with Crippen LogP contribution in [0.5, 0.6) is 0 Å². The Labute approximate surface area is 140 Å². The van der Waals surface area contributed by atoms with Gasteiger partial charge in [0.25, 0.3) is 0 Å². The van der Waals surface area contributed by atoms with Gasteiger partial charge in [-0.15, -0.1) is 0 Å². The molecule has 1 aromatic heterocycles. The Bertz CT molecular complexity index is 506. The second-order valence-electron chi connectivity index (χ2n) is 7.51. The Hall–Kier alpha value is -0.121. The molecule has 0 atom stereocenters. The molecule has 23 heavy (non-hydrogen) atoms. The van der Waals surface area contributed by atoms with Crippen LogP contribution in [0.1, 0.15) is 62.9 Å². The molecule has 0 aromatic carbocycles. The van der Waals surface area contributed by atoms with Crippen molar-refractivity contribution in [1.29, 1.82) is 0 Å². The number of rotatable bonds is 1. The first-order valence-electron chi connectivity index (χ1n) is 7.14. The summed E-state index contributed by atoms with van der Waals surface area (Å²) in [5.41, 5.74) is 2.15. The first kappa shape index (κ1) is 22.9. The molecule has 0 bridgehead atoms. The molecule has 0 amide bonds. The SMILES string of the molecule is CCc1cc(C(C)(C)C)[se+]c(C(C)(C)C)c1.F[P-](F)(F)(F)(F)F. The van der Waals surface area contributed by atoms with E-state index in [4.69, 9.17) is 0 Å². The quantitative estimate of drug-likeness (QED) is 0.245. The first-order chi connectivity index (χ1) is 9.59. The van der Waals surface area contributed by atoms with E-state index >= 15 is 0 Å². The molecule has 1 heterocycles. The molecule has 0 saturated heterocycles. The van der Waals surface area contributed by atoms with Crippen molar-refractivity contribution >= 4 is 22.3 Å². The Kier molecular flexibility index (Phi) is 5.97. The van der Waals surface area contributed by atoms with Gasteiger partial charge in [0.05, 0.1) is 0 Å². The van der Waals surface area contributed by atoms with Crippen LogP contribution in [-0.4, -0.2) is 14.5 Å². The van der Waals surface area contributed by atoms with Crippen LogP contribution in [0.25, 0.3) is 0 Å². The minimum absolute atomic E-state index is 0.325. The fourth-order valence-electron chi connectivity index (χ4n) is 1.50. The number of halogens is 6. The van der Waals surface area contributed by atoms with Crippen molar-refractivity contribution in [3.63, 3.8) is 0 Å². The minimum atomic E-state index is -10.7. The summed E-state index contributed by atoms with van der Waals surface area (Å²) >= 11 is 0.537. The van der Waals surface area contributed by atoms with Gasteiger partial charge in [-0.25, -0.2) is 0 Å². The average molecular weight is 429 g/mol. The molecule has 1 rings (SSSR count). The molecule has 1 aromatic rings. The third kappa shape index (κ3) is 12.9. The van der Waals surface area contributed by atoms with Gasteiger partial charge in [0.1, 0.15) is 0 Å². The monoisotopic (exact) mass is 430 g/mol. The third-order valence-corrected chi connectivity index (χ3v) is 6.73. The molecule has 8 heteroatoms. The van der Waals surface area contributed by atoms with Gasteiger partial charge in [0.2, 0.25) is 0 Å². The summed E-state index contributed by atoms with van der Waals surface area (Å²) in [6.07, 6.45) is 1.15. The van der Waals surface area contributed by atoms with E-state index in [1.165, 1.54) is 5.56 Å². The Morgan fingerprint density at radius 2 is 1.04 bits per heavy atom. The molecule has 0 N–H and O–H groups in total. The van der Waals surface area contributed by atoms with E-state index in [1.807, 2.05) is 0 Å². The van der Waals surface area contributed by atoms with Gasteiger partial charge in [0, 0.05) is 0 Å². The molecule has 0 aliphatic carbocycles. The summed E-state index contributed by atoms with van der Waals surface area (Å²) in [5, 5.41) is 0. The second kappa shape index (κ2) is 6.00. The maximum atomic E-state index is 9.87. The van der Waals surface area contributed by atoms with E-state index < -0.39 is 7.81 Å². The fraction of sp³-hybridized carbons (Fsp3) is 0.667. The van der Waals surface area contributed by atoms with Crippen LogP contribution in [0.15, 0.2) is 12.1 Å². The second-order valence-corrected chi connectivity index (χ2v) is 11.7. The predicted molar refractivity (Wildman–Crippen MR) is 88.1 cm³/mol. The van der Waals surface area contributed by atoms with Crippen LogP contribution >= 0.6 is 7.81 Å². The van der Waals surface area contributed by atoms with Crippen molar-refractivity contribution in [2.24, 2.45) is 0 Å². The van der Waals surface area contributed by atoms with Crippen LogP contribution < -0.4 is 0 Å². The van der Waals surface area contributed by atoms with E-state index in [2.05, 4.69) is 60.6 Å². The van der Waals surface area contributed by atoms with Crippen LogP contribution in [-0.2, 0) is 17.3 Å². The van der Waals surface area contributed by atoms with Crippen LogP contribution in [0.4, 0.5) is 25.2 Å². The molecule has 0 radical (unpaired) electrons. The fourth-order valence-corrected chi connectivity index (χ4v) is 4.16. The topological polar surface area (TPSA) is 0 Å². The van der Waals surface area contributed by atoms with Gasteiger partial charge in [-0.05, 0) is 0 Å². The van der Waals surface area contributed by atoms with Gasteiger partial charge >= 0.3 is 140 Å². The molecule has 0 spiro atoms. The van der Waals surface area contributed by atoms with E-state index in [0.717, 1.165) is 6.42 Å². The molecule has 0 saturated carbocycles. The molecule has 0 nitrogen and oxygen atoms in total. The summed E-state index contributed by atoms with van der Waals surface area (Å²) < 4.78 is 62.5. The van der Waals surface area contributed by atoms with Gasteiger partial charge in [-0.2, -0.15) is 0 Å². The molecule has 0 unspecified atom stereocenters. The van der Waals surface area contributed by atoms with E-state index in [0.29, 0.717) is 25.3 Å². The van der Waals surface area contributed by atoms with Crippen molar-refractivity contribution in [3.05, 3.63) is 26.6 Å². The molecular weight excluding hydrogens is 404 g/mol. The number of hydrogen-bond donors (Lipinski definition) is 0. The zero-order valence-corrected chi connectivity index (χ0v) is 17.1.